The molecule has 130 valence electrons. The van der Waals surface area contributed by atoms with Crippen LogP contribution >= 0.6 is 11.6 Å². The number of nitrogens with zero attached hydrogens (tertiary/aromatic N) is 1. The summed E-state index contributed by atoms with van der Waals surface area (Å²) in [6.07, 6.45) is 2.26. The summed E-state index contributed by atoms with van der Waals surface area (Å²) in [4.78, 5) is 18.8. The van der Waals surface area contributed by atoms with E-state index in [1.165, 1.54) is 0 Å². The Labute approximate surface area is 153 Å². The smallest absolute Gasteiger partial charge is 0.194 e. The maximum absolute atomic E-state index is 13.2. The number of hydrogen-bond donors (Lipinski definition) is 1. The quantitative estimate of drug-likeness (QED) is 0.670. The third-order valence-electron chi connectivity index (χ3n) is 4.45. The molecule has 3 aromatic rings. The SMILES string of the molecule is CCCCN(C)Cc1c(-c2ccccc2)[nH]c2ccc(Cl)cc2c1=O. The summed E-state index contributed by atoms with van der Waals surface area (Å²) in [5.41, 5.74) is 3.57. The molecule has 0 radical (unpaired) electrons. The Kier molecular flexibility index (Phi) is 5.57. The van der Waals surface area contributed by atoms with Crippen molar-refractivity contribution in [2.75, 3.05) is 13.6 Å². The third-order valence-corrected chi connectivity index (χ3v) is 4.68. The molecule has 4 heteroatoms. The van der Waals surface area contributed by atoms with Gasteiger partial charge in [-0.3, -0.25) is 4.79 Å². The molecular formula is C21H23ClN2O. The van der Waals surface area contributed by atoms with Crippen molar-refractivity contribution in [1.82, 2.24) is 9.88 Å². The summed E-state index contributed by atoms with van der Waals surface area (Å²) in [7, 11) is 2.06. The van der Waals surface area contributed by atoms with Gasteiger partial charge in [0.25, 0.3) is 0 Å². The van der Waals surface area contributed by atoms with Gasteiger partial charge < -0.3 is 9.88 Å². The normalized spacial score (nSPS) is 11.4. The number of fused-ring (bicyclic) bond motifs is 1. The summed E-state index contributed by atoms with van der Waals surface area (Å²) in [5.74, 6) is 0. The van der Waals surface area contributed by atoms with E-state index >= 15 is 0 Å². The van der Waals surface area contributed by atoms with Crippen LogP contribution < -0.4 is 5.43 Å². The van der Waals surface area contributed by atoms with Gasteiger partial charge in [-0.2, -0.15) is 0 Å². The molecule has 0 saturated carbocycles. The zero-order valence-electron chi connectivity index (χ0n) is 14.7. The van der Waals surface area contributed by atoms with Crippen LogP contribution in [0.3, 0.4) is 0 Å². The van der Waals surface area contributed by atoms with Crippen molar-refractivity contribution in [3.8, 4) is 11.3 Å². The molecular weight excluding hydrogens is 332 g/mol. The van der Waals surface area contributed by atoms with Crippen molar-refractivity contribution in [2.45, 2.75) is 26.3 Å². The standard InChI is InChI=1S/C21H23ClN2O/c1-3-4-12-24(2)14-18-20(15-8-6-5-7-9-15)23-19-11-10-16(22)13-17(19)21(18)25/h5-11,13H,3-4,12,14H2,1-2H3,(H,23,25). The maximum atomic E-state index is 13.2. The van der Waals surface area contributed by atoms with E-state index < -0.39 is 0 Å². The predicted octanol–water partition coefficient (Wildman–Crippen LogP) is 5.08. The zero-order valence-corrected chi connectivity index (χ0v) is 15.4. The van der Waals surface area contributed by atoms with Crippen LogP contribution in [0.2, 0.25) is 5.02 Å². The summed E-state index contributed by atoms with van der Waals surface area (Å²) < 4.78 is 0. The van der Waals surface area contributed by atoms with E-state index in [-0.39, 0.29) is 5.43 Å². The minimum Gasteiger partial charge on any atom is -0.354 e. The Bertz CT molecular complexity index is 918. The van der Waals surface area contributed by atoms with Crippen LogP contribution in [0.4, 0.5) is 0 Å². The van der Waals surface area contributed by atoms with E-state index in [0.717, 1.165) is 41.7 Å². The lowest BCUT2D eigenvalue weighted by Gasteiger charge is -2.19. The highest BCUT2D eigenvalue weighted by Gasteiger charge is 2.15. The zero-order chi connectivity index (χ0) is 17.8. The topological polar surface area (TPSA) is 36.1 Å². The van der Waals surface area contributed by atoms with Gasteiger partial charge >= 0.3 is 0 Å². The molecule has 2 aromatic carbocycles. The van der Waals surface area contributed by atoms with Crippen LogP contribution in [0, 0.1) is 0 Å². The van der Waals surface area contributed by atoms with Crippen LogP contribution in [0.5, 0.6) is 0 Å². The molecule has 0 amide bonds. The molecule has 0 atom stereocenters. The lowest BCUT2D eigenvalue weighted by Crippen LogP contribution is -2.24. The summed E-state index contributed by atoms with van der Waals surface area (Å²) >= 11 is 6.11. The number of pyridine rings is 1. The lowest BCUT2D eigenvalue weighted by atomic mass is 10.0. The molecule has 1 N–H and O–H groups in total. The minimum absolute atomic E-state index is 0.0541. The van der Waals surface area contributed by atoms with Gasteiger partial charge in [0, 0.05) is 28.0 Å². The van der Waals surface area contributed by atoms with Gasteiger partial charge in [-0.15, -0.1) is 0 Å². The highest BCUT2D eigenvalue weighted by Crippen LogP contribution is 2.24. The van der Waals surface area contributed by atoms with Crippen LogP contribution in [0.1, 0.15) is 25.3 Å². The molecule has 0 aliphatic carbocycles. The second-order valence-corrected chi connectivity index (χ2v) is 6.89. The van der Waals surface area contributed by atoms with Gasteiger partial charge in [-0.25, -0.2) is 0 Å². The molecule has 0 fully saturated rings. The molecule has 0 bridgehead atoms. The van der Waals surface area contributed by atoms with Gasteiger partial charge in [-0.1, -0.05) is 55.3 Å². The van der Waals surface area contributed by atoms with Crippen molar-refractivity contribution in [2.24, 2.45) is 0 Å². The van der Waals surface area contributed by atoms with Crippen molar-refractivity contribution in [1.29, 1.82) is 0 Å². The number of hydrogen-bond acceptors (Lipinski definition) is 2. The molecule has 0 aliphatic rings. The molecule has 3 rings (SSSR count). The number of aromatic amines is 1. The fourth-order valence-electron chi connectivity index (χ4n) is 3.08. The first-order chi connectivity index (χ1) is 12.1. The molecule has 0 aliphatic heterocycles. The van der Waals surface area contributed by atoms with Crippen molar-refractivity contribution in [3.05, 3.63) is 69.3 Å². The van der Waals surface area contributed by atoms with Crippen molar-refractivity contribution >= 4 is 22.5 Å². The molecule has 25 heavy (non-hydrogen) atoms. The van der Waals surface area contributed by atoms with Crippen LogP contribution in [0.25, 0.3) is 22.2 Å². The van der Waals surface area contributed by atoms with E-state index in [1.807, 2.05) is 42.5 Å². The van der Waals surface area contributed by atoms with Crippen LogP contribution in [0.15, 0.2) is 53.3 Å². The molecule has 1 aromatic heterocycles. The maximum Gasteiger partial charge on any atom is 0.194 e. The predicted molar refractivity (Wildman–Crippen MR) is 106 cm³/mol. The Morgan fingerprint density at radius 2 is 1.88 bits per heavy atom. The summed E-state index contributed by atoms with van der Waals surface area (Å²) in [6.45, 7) is 3.76. The summed E-state index contributed by atoms with van der Waals surface area (Å²) in [6, 6.07) is 15.5. The Balaban J connectivity index is 2.16. The average molecular weight is 355 g/mol. The minimum atomic E-state index is 0.0541. The summed E-state index contributed by atoms with van der Waals surface area (Å²) in [5, 5.41) is 1.22. The first-order valence-corrected chi connectivity index (χ1v) is 9.06. The first kappa shape index (κ1) is 17.7. The lowest BCUT2D eigenvalue weighted by molar-refractivity contribution is 0.320. The fourth-order valence-corrected chi connectivity index (χ4v) is 3.25. The van der Waals surface area contributed by atoms with Crippen LogP contribution in [-0.4, -0.2) is 23.5 Å². The van der Waals surface area contributed by atoms with E-state index in [1.54, 1.807) is 6.07 Å². The highest BCUT2D eigenvalue weighted by atomic mass is 35.5. The second kappa shape index (κ2) is 7.85. The van der Waals surface area contributed by atoms with Gasteiger partial charge in [0.05, 0.1) is 5.69 Å². The van der Waals surface area contributed by atoms with E-state index in [0.29, 0.717) is 17.0 Å². The Morgan fingerprint density at radius 3 is 2.60 bits per heavy atom. The van der Waals surface area contributed by atoms with E-state index in [4.69, 9.17) is 11.6 Å². The fraction of sp³-hybridized carbons (Fsp3) is 0.286. The van der Waals surface area contributed by atoms with Crippen molar-refractivity contribution in [3.63, 3.8) is 0 Å². The number of benzene rings is 2. The van der Waals surface area contributed by atoms with Crippen molar-refractivity contribution < 1.29 is 0 Å². The molecule has 3 nitrogen and oxygen atoms in total. The number of unbranched alkanes of at least 4 members (excludes halogenated alkanes) is 1. The van der Waals surface area contributed by atoms with Gasteiger partial charge in [0.1, 0.15) is 0 Å². The number of aromatic nitrogens is 1. The van der Waals surface area contributed by atoms with Gasteiger partial charge in [0.15, 0.2) is 5.43 Å². The molecule has 1 heterocycles. The molecule has 0 spiro atoms. The van der Waals surface area contributed by atoms with Gasteiger partial charge in [0.2, 0.25) is 0 Å². The first-order valence-electron chi connectivity index (χ1n) is 8.68. The second-order valence-electron chi connectivity index (χ2n) is 6.45. The number of nitrogens with one attached hydrogen (secondary N) is 1. The number of rotatable bonds is 6. The van der Waals surface area contributed by atoms with Crippen LogP contribution in [-0.2, 0) is 6.54 Å². The molecule has 0 unspecified atom stereocenters. The Morgan fingerprint density at radius 1 is 1.12 bits per heavy atom. The molecule has 0 saturated heterocycles. The number of H-pyrrole nitrogens is 1. The Hall–Kier alpha value is -2.10. The number of halogens is 1. The monoisotopic (exact) mass is 354 g/mol. The van der Waals surface area contributed by atoms with E-state index in [2.05, 4.69) is 23.9 Å². The van der Waals surface area contributed by atoms with E-state index in [9.17, 15) is 4.79 Å². The third kappa shape index (κ3) is 3.94. The average Bonchev–Trinajstić information content (AvgIpc) is 2.63. The largest absolute Gasteiger partial charge is 0.354 e. The van der Waals surface area contributed by atoms with Gasteiger partial charge in [-0.05, 0) is 43.8 Å². The highest BCUT2D eigenvalue weighted by molar-refractivity contribution is 6.31.